The van der Waals surface area contributed by atoms with Crippen LogP contribution in [-0.4, -0.2) is 18.6 Å². The Morgan fingerprint density at radius 1 is 1.35 bits per heavy atom. The maximum absolute atomic E-state index is 5.89. The van der Waals surface area contributed by atoms with E-state index in [0.29, 0.717) is 5.92 Å². The quantitative estimate of drug-likeness (QED) is 0.868. The zero-order chi connectivity index (χ0) is 12.5. The molecule has 1 aliphatic heterocycles. The number of hydrogen-bond acceptors (Lipinski definition) is 2. The van der Waals surface area contributed by atoms with Crippen molar-refractivity contribution >= 4 is 5.69 Å². The minimum Gasteiger partial charge on any atom is -0.366 e. The maximum Gasteiger partial charge on any atom is 0.0403 e. The van der Waals surface area contributed by atoms with Crippen LogP contribution in [0, 0.1) is 5.92 Å². The summed E-state index contributed by atoms with van der Waals surface area (Å²) in [4.78, 5) is 2.54. The summed E-state index contributed by atoms with van der Waals surface area (Å²) < 4.78 is 0. The van der Waals surface area contributed by atoms with Crippen LogP contribution in [0.1, 0.15) is 32.8 Å². The summed E-state index contributed by atoms with van der Waals surface area (Å²) >= 11 is 0. The van der Waals surface area contributed by atoms with Gasteiger partial charge in [0.2, 0.25) is 0 Å². The van der Waals surface area contributed by atoms with Gasteiger partial charge in [-0.1, -0.05) is 25.1 Å². The van der Waals surface area contributed by atoms with Gasteiger partial charge in [-0.2, -0.15) is 0 Å². The largest absolute Gasteiger partial charge is 0.366 e. The second-order valence-electron chi connectivity index (χ2n) is 5.51. The number of nitrogens with zero attached hydrogens (tertiary/aromatic N) is 1. The van der Waals surface area contributed by atoms with E-state index in [1.165, 1.54) is 17.7 Å². The Morgan fingerprint density at radius 3 is 2.65 bits per heavy atom. The molecule has 1 unspecified atom stereocenters. The summed E-state index contributed by atoms with van der Waals surface area (Å²) in [5.41, 5.74) is 8.92. The maximum atomic E-state index is 5.89. The standard InChI is InChI=1S/C15H24N2/c1-4-12-7-5-6-8-14(12)17-10-9-13(11-16)15(17,2)3/h5-8,13H,4,9-11,16H2,1-3H3. The number of anilines is 1. The highest BCUT2D eigenvalue weighted by atomic mass is 15.2. The summed E-state index contributed by atoms with van der Waals surface area (Å²) in [6.07, 6.45) is 2.30. The van der Waals surface area contributed by atoms with Gasteiger partial charge in [0.25, 0.3) is 0 Å². The molecule has 94 valence electrons. The molecule has 0 saturated carbocycles. The fraction of sp³-hybridized carbons (Fsp3) is 0.600. The molecule has 2 heteroatoms. The topological polar surface area (TPSA) is 29.3 Å². The minimum atomic E-state index is 0.181. The molecule has 1 heterocycles. The Bertz CT molecular complexity index is 384. The van der Waals surface area contributed by atoms with Crippen molar-refractivity contribution < 1.29 is 0 Å². The fourth-order valence-corrected chi connectivity index (χ4v) is 3.06. The molecular weight excluding hydrogens is 208 g/mol. The van der Waals surface area contributed by atoms with Gasteiger partial charge in [-0.15, -0.1) is 0 Å². The van der Waals surface area contributed by atoms with Crippen LogP contribution in [0.15, 0.2) is 24.3 Å². The van der Waals surface area contributed by atoms with Crippen LogP contribution in [0.4, 0.5) is 5.69 Å². The van der Waals surface area contributed by atoms with Crippen LogP contribution >= 0.6 is 0 Å². The molecule has 17 heavy (non-hydrogen) atoms. The first-order valence-electron chi connectivity index (χ1n) is 6.66. The number of aryl methyl sites for hydroxylation is 1. The molecule has 2 rings (SSSR count). The highest BCUT2D eigenvalue weighted by molar-refractivity contribution is 5.56. The van der Waals surface area contributed by atoms with Gasteiger partial charge >= 0.3 is 0 Å². The van der Waals surface area contributed by atoms with Crippen LogP contribution in [-0.2, 0) is 6.42 Å². The fourth-order valence-electron chi connectivity index (χ4n) is 3.06. The van der Waals surface area contributed by atoms with Gasteiger partial charge in [0.05, 0.1) is 0 Å². The first-order chi connectivity index (χ1) is 8.11. The molecular formula is C15H24N2. The number of hydrogen-bond donors (Lipinski definition) is 1. The van der Waals surface area contributed by atoms with Crippen LogP contribution in [0.5, 0.6) is 0 Å². The lowest BCUT2D eigenvalue weighted by atomic mass is 9.88. The van der Waals surface area contributed by atoms with Crippen molar-refractivity contribution in [3.8, 4) is 0 Å². The molecule has 2 nitrogen and oxygen atoms in total. The number of benzene rings is 1. The average molecular weight is 232 g/mol. The number of rotatable bonds is 3. The lowest BCUT2D eigenvalue weighted by molar-refractivity contribution is 0.373. The zero-order valence-electron chi connectivity index (χ0n) is 11.2. The van der Waals surface area contributed by atoms with Crippen molar-refractivity contribution in [1.82, 2.24) is 0 Å². The lowest BCUT2D eigenvalue weighted by Gasteiger charge is -2.38. The van der Waals surface area contributed by atoms with Gasteiger partial charge in [0.15, 0.2) is 0 Å². The van der Waals surface area contributed by atoms with Gasteiger partial charge in [-0.25, -0.2) is 0 Å². The third kappa shape index (κ3) is 2.06. The van der Waals surface area contributed by atoms with Gasteiger partial charge < -0.3 is 10.6 Å². The second-order valence-corrected chi connectivity index (χ2v) is 5.51. The van der Waals surface area contributed by atoms with Crippen LogP contribution in [0.2, 0.25) is 0 Å². The van der Waals surface area contributed by atoms with E-state index in [1.54, 1.807) is 0 Å². The van der Waals surface area contributed by atoms with E-state index in [-0.39, 0.29) is 5.54 Å². The lowest BCUT2D eigenvalue weighted by Crippen LogP contribution is -2.45. The third-order valence-electron chi connectivity index (χ3n) is 4.34. The van der Waals surface area contributed by atoms with Crippen molar-refractivity contribution in [3.05, 3.63) is 29.8 Å². The predicted octanol–water partition coefficient (Wildman–Crippen LogP) is 2.81. The van der Waals surface area contributed by atoms with Gasteiger partial charge in [0, 0.05) is 17.8 Å². The van der Waals surface area contributed by atoms with Crippen molar-refractivity contribution in [3.63, 3.8) is 0 Å². The summed E-state index contributed by atoms with van der Waals surface area (Å²) in [5.74, 6) is 0.604. The SMILES string of the molecule is CCc1ccccc1N1CCC(CN)C1(C)C. The highest BCUT2D eigenvalue weighted by Crippen LogP contribution is 2.39. The molecule has 1 aliphatic rings. The Balaban J connectivity index is 2.35. The van der Waals surface area contributed by atoms with E-state index in [9.17, 15) is 0 Å². The molecule has 1 saturated heterocycles. The van der Waals surface area contributed by atoms with E-state index < -0.39 is 0 Å². The molecule has 1 fully saturated rings. The molecule has 1 atom stereocenters. The third-order valence-corrected chi connectivity index (χ3v) is 4.34. The molecule has 1 aromatic carbocycles. The molecule has 1 aromatic rings. The van der Waals surface area contributed by atoms with E-state index in [2.05, 4.69) is 49.9 Å². The van der Waals surface area contributed by atoms with Crippen LogP contribution in [0.3, 0.4) is 0 Å². The van der Waals surface area contributed by atoms with E-state index in [1.807, 2.05) is 0 Å². The monoisotopic (exact) mass is 232 g/mol. The Kier molecular flexibility index (Phi) is 3.43. The highest BCUT2D eigenvalue weighted by Gasteiger charge is 2.40. The zero-order valence-corrected chi connectivity index (χ0v) is 11.2. The van der Waals surface area contributed by atoms with E-state index >= 15 is 0 Å². The molecule has 0 aromatic heterocycles. The smallest absolute Gasteiger partial charge is 0.0403 e. The molecule has 0 radical (unpaired) electrons. The summed E-state index contributed by atoms with van der Waals surface area (Å²) in [6, 6.07) is 8.76. The summed E-state index contributed by atoms with van der Waals surface area (Å²) in [7, 11) is 0. The van der Waals surface area contributed by atoms with E-state index in [4.69, 9.17) is 5.73 Å². The molecule has 0 amide bonds. The number of nitrogens with two attached hydrogens (primary N) is 1. The minimum absolute atomic E-state index is 0.181. The molecule has 0 spiro atoms. The van der Waals surface area contributed by atoms with Crippen molar-refractivity contribution in [2.24, 2.45) is 11.7 Å². The molecule has 2 N–H and O–H groups in total. The first kappa shape index (κ1) is 12.4. The van der Waals surface area contributed by atoms with Crippen molar-refractivity contribution in [2.75, 3.05) is 18.0 Å². The van der Waals surface area contributed by atoms with Gasteiger partial charge in [-0.05, 0) is 50.8 Å². The summed E-state index contributed by atoms with van der Waals surface area (Å²) in [5, 5.41) is 0. The average Bonchev–Trinajstić information content (AvgIpc) is 2.63. The summed E-state index contributed by atoms with van der Waals surface area (Å²) in [6.45, 7) is 8.79. The molecule has 0 bridgehead atoms. The Labute approximate surface area is 105 Å². The van der Waals surface area contributed by atoms with E-state index in [0.717, 1.165) is 19.5 Å². The van der Waals surface area contributed by atoms with Gasteiger partial charge in [0.1, 0.15) is 0 Å². The van der Waals surface area contributed by atoms with Gasteiger partial charge in [-0.3, -0.25) is 0 Å². The molecule has 0 aliphatic carbocycles. The second kappa shape index (κ2) is 4.69. The Hall–Kier alpha value is -1.02. The van der Waals surface area contributed by atoms with Crippen molar-refractivity contribution in [1.29, 1.82) is 0 Å². The Morgan fingerprint density at radius 2 is 2.06 bits per heavy atom. The van der Waals surface area contributed by atoms with Crippen LogP contribution < -0.4 is 10.6 Å². The normalized spacial score (nSPS) is 23.1. The van der Waals surface area contributed by atoms with Crippen LogP contribution in [0.25, 0.3) is 0 Å². The number of para-hydroxylation sites is 1. The predicted molar refractivity (Wildman–Crippen MR) is 74.4 cm³/mol. The van der Waals surface area contributed by atoms with Crippen molar-refractivity contribution in [2.45, 2.75) is 39.2 Å². The first-order valence-corrected chi connectivity index (χ1v) is 6.66.